The molecule has 0 aromatic heterocycles. The van der Waals surface area contributed by atoms with Crippen LogP contribution in [0.1, 0.15) is 38.2 Å². The zero-order valence-corrected chi connectivity index (χ0v) is 16.0. The van der Waals surface area contributed by atoms with Gasteiger partial charge in [-0.1, -0.05) is 62.6 Å². The van der Waals surface area contributed by atoms with E-state index in [1.54, 1.807) is 12.1 Å². The predicted molar refractivity (Wildman–Crippen MR) is 104 cm³/mol. The molecule has 0 fully saturated rings. The Labute approximate surface area is 166 Å². The van der Waals surface area contributed by atoms with E-state index >= 15 is 4.39 Å². The first-order valence-corrected chi connectivity index (χ1v) is 9.55. The van der Waals surface area contributed by atoms with Gasteiger partial charge in [-0.15, -0.1) is 13.2 Å². The lowest BCUT2D eigenvalue weighted by atomic mass is 9.97. The van der Waals surface area contributed by atoms with Gasteiger partial charge in [-0.3, -0.25) is 0 Å². The minimum absolute atomic E-state index is 0.116. The molecule has 1 nitrogen and oxygen atoms in total. The molecule has 0 amide bonds. The molecule has 0 spiro atoms. The van der Waals surface area contributed by atoms with Crippen LogP contribution in [-0.2, 0) is 6.42 Å². The summed E-state index contributed by atoms with van der Waals surface area (Å²) in [6.45, 7) is 2.15. The lowest BCUT2D eigenvalue weighted by Gasteiger charge is -2.12. The number of fused-ring (bicyclic) bond motifs is 1. The summed E-state index contributed by atoms with van der Waals surface area (Å²) in [4.78, 5) is 0. The van der Waals surface area contributed by atoms with E-state index in [0.717, 1.165) is 48.8 Å². The third-order valence-electron chi connectivity index (χ3n) is 4.81. The van der Waals surface area contributed by atoms with E-state index in [1.807, 2.05) is 12.1 Å². The highest BCUT2D eigenvalue weighted by Gasteiger charge is 2.32. The van der Waals surface area contributed by atoms with Crippen LogP contribution in [-0.4, -0.2) is 6.36 Å². The summed E-state index contributed by atoms with van der Waals surface area (Å²) in [5.41, 5.74) is 1.38. The van der Waals surface area contributed by atoms with Gasteiger partial charge < -0.3 is 4.74 Å². The summed E-state index contributed by atoms with van der Waals surface area (Å²) in [6.07, 6.45) is 0.507. The Bertz CT molecular complexity index is 994. The Hall–Kier alpha value is -2.63. The monoisotopic (exact) mass is 408 g/mol. The third kappa shape index (κ3) is 5.25. The second-order valence-electron chi connectivity index (χ2n) is 6.99. The molecular formula is C23H21F5O. The minimum atomic E-state index is -5.00. The van der Waals surface area contributed by atoms with Crippen molar-refractivity contribution in [1.82, 2.24) is 0 Å². The van der Waals surface area contributed by atoms with Crippen LogP contribution in [0.4, 0.5) is 22.0 Å². The second kappa shape index (κ2) is 8.80. The summed E-state index contributed by atoms with van der Waals surface area (Å²) in [7, 11) is 0. The van der Waals surface area contributed by atoms with Crippen LogP contribution in [0.15, 0.2) is 48.5 Å². The normalized spacial score (nSPS) is 11.8. The smallest absolute Gasteiger partial charge is 0.403 e. The Morgan fingerprint density at radius 1 is 0.862 bits per heavy atom. The van der Waals surface area contributed by atoms with Crippen molar-refractivity contribution in [3.05, 3.63) is 65.7 Å². The number of rotatable bonds is 7. The van der Waals surface area contributed by atoms with Crippen molar-refractivity contribution >= 4 is 10.8 Å². The zero-order valence-electron chi connectivity index (χ0n) is 16.0. The van der Waals surface area contributed by atoms with Crippen molar-refractivity contribution in [2.24, 2.45) is 0 Å². The standard InChI is InChI=1S/C23H21F5O/c1-2-3-4-5-6-15-7-10-18-16(13-15)8-11-19(22(18)25)17-9-12-21(20(24)14-17)29-23(26,27)28/h7-14H,2-6H2,1H3. The number of ether oxygens (including phenoxy) is 1. The molecule has 29 heavy (non-hydrogen) atoms. The molecule has 0 radical (unpaired) electrons. The van der Waals surface area contributed by atoms with E-state index in [1.165, 1.54) is 18.6 Å². The molecule has 0 saturated heterocycles. The second-order valence-corrected chi connectivity index (χ2v) is 6.99. The maximum atomic E-state index is 15.0. The summed E-state index contributed by atoms with van der Waals surface area (Å²) < 4.78 is 69.5. The van der Waals surface area contributed by atoms with Crippen LogP contribution in [0, 0.1) is 11.6 Å². The fraction of sp³-hybridized carbons (Fsp3) is 0.304. The maximum Gasteiger partial charge on any atom is 0.573 e. The molecule has 0 saturated carbocycles. The third-order valence-corrected chi connectivity index (χ3v) is 4.81. The van der Waals surface area contributed by atoms with Gasteiger partial charge in [0.25, 0.3) is 0 Å². The van der Waals surface area contributed by atoms with E-state index in [4.69, 9.17) is 0 Å². The van der Waals surface area contributed by atoms with Crippen LogP contribution in [0.25, 0.3) is 21.9 Å². The molecule has 0 aliphatic heterocycles. The molecule has 3 aromatic rings. The van der Waals surface area contributed by atoms with Gasteiger partial charge >= 0.3 is 6.36 Å². The first-order valence-electron chi connectivity index (χ1n) is 9.55. The predicted octanol–water partition coefficient (Wildman–Crippen LogP) is 7.81. The molecule has 0 unspecified atom stereocenters. The molecule has 6 heteroatoms. The molecule has 3 aromatic carbocycles. The van der Waals surface area contributed by atoms with Crippen molar-refractivity contribution < 1.29 is 26.7 Å². The number of benzene rings is 3. The number of unbranched alkanes of at least 4 members (excludes halogenated alkanes) is 3. The lowest BCUT2D eigenvalue weighted by Crippen LogP contribution is -2.17. The van der Waals surface area contributed by atoms with E-state index in [-0.39, 0.29) is 11.1 Å². The average Bonchev–Trinajstić information content (AvgIpc) is 2.66. The molecule has 0 heterocycles. The quantitative estimate of drug-likeness (QED) is 0.286. The zero-order chi connectivity index (χ0) is 21.0. The largest absolute Gasteiger partial charge is 0.573 e. The van der Waals surface area contributed by atoms with Gasteiger partial charge in [0.2, 0.25) is 0 Å². The van der Waals surface area contributed by atoms with Gasteiger partial charge in [-0.05, 0) is 41.5 Å². The molecule has 0 aliphatic rings. The van der Waals surface area contributed by atoms with Crippen LogP contribution >= 0.6 is 0 Å². The maximum absolute atomic E-state index is 15.0. The Morgan fingerprint density at radius 2 is 1.66 bits per heavy atom. The van der Waals surface area contributed by atoms with Gasteiger partial charge in [-0.25, -0.2) is 8.78 Å². The first kappa shape index (κ1) is 21.1. The van der Waals surface area contributed by atoms with Crippen LogP contribution in [0.2, 0.25) is 0 Å². The Kier molecular flexibility index (Phi) is 6.40. The number of hydrogen-bond donors (Lipinski definition) is 0. The number of aryl methyl sites for hydroxylation is 1. The van der Waals surface area contributed by atoms with E-state index < -0.39 is 23.7 Å². The van der Waals surface area contributed by atoms with Crippen molar-refractivity contribution in [2.75, 3.05) is 0 Å². The van der Waals surface area contributed by atoms with Crippen molar-refractivity contribution in [2.45, 2.75) is 45.4 Å². The lowest BCUT2D eigenvalue weighted by molar-refractivity contribution is -0.275. The summed E-state index contributed by atoms with van der Waals surface area (Å²) in [5, 5.41) is 1.12. The van der Waals surface area contributed by atoms with Gasteiger partial charge in [0, 0.05) is 10.9 Å². The first-order chi connectivity index (χ1) is 13.8. The summed E-state index contributed by atoms with van der Waals surface area (Å²) >= 11 is 0. The Morgan fingerprint density at radius 3 is 2.34 bits per heavy atom. The van der Waals surface area contributed by atoms with Crippen molar-refractivity contribution in [3.63, 3.8) is 0 Å². The fourth-order valence-electron chi connectivity index (χ4n) is 3.35. The molecule has 0 atom stereocenters. The van der Waals surface area contributed by atoms with Crippen molar-refractivity contribution in [1.29, 1.82) is 0 Å². The Balaban J connectivity index is 1.87. The molecule has 0 N–H and O–H groups in total. The van der Waals surface area contributed by atoms with Gasteiger partial charge in [0.05, 0.1) is 0 Å². The van der Waals surface area contributed by atoms with E-state index in [9.17, 15) is 17.6 Å². The van der Waals surface area contributed by atoms with Crippen LogP contribution < -0.4 is 4.74 Å². The minimum Gasteiger partial charge on any atom is -0.403 e. The molecule has 3 rings (SSSR count). The van der Waals surface area contributed by atoms with Crippen molar-refractivity contribution in [3.8, 4) is 16.9 Å². The molecular weight excluding hydrogens is 387 g/mol. The number of halogens is 5. The number of alkyl halides is 3. The topological polar surface area (TPSA) is 9.23 Å². The molecule has 0 aliphatic carbocycles. The highest BCUT2D eigenvalue weighted by Crippen LogP contribution is 2.33. The fourth-order valence-corrected chi connectivity index (χ4v) is 3.35. The summed E-state index contributed by atoms with van der Waals surface area (Å²) in [6, 6.07) is 11.7. The van der Waals surface area contributed by atoms with Crippen LogP contribution in [0.5, 0.6) is 5.75 Å². The van der Waals surface area contributed by atoms with Gasteiger partial charge in [0.1, 0.15) is 5.82 Å². The van der Waals surface area contributed by atoms with E-state index in [2.05, 4.69) is 11.7 Å². The average molecular weight is 408 g/mol. The van der Waals surface area contributed by atoms with E-state index in [0.29, 0.717) is 5.39 Å². The number of hydrogen-bond acceptors (Lipinski definition) is 1. The summed E-state index contributed by atoms with van der Waals surface area (Å²) in [5.74, 6) is -2.69. The van der Waals surface area contributed by atoms with Gasteiger partial charge in [-0.2, -0.15) is 0 Å². The highest BCUT2D eigenvalue weighted by molar-refractivity contribution is 5.88. The molecule has 154 valence electrons. The highest BCUT2D eigenvalue weighted by atomic mass is 19.4. The molecule has 0 bridgehead atoms. The van der Waals surface area contributed by atoms with Crippen LogP contribution in [0.3, 0.4) is 0 Å². The van der Waals surface area contributed by atoms with Gasteiger partial charge in [0.15, 0.2) is 11.6 Å². The SMILES string of the molecule is CCCCCCc1ccc2c(F)c(-c3ccc(OC(F)(F)F)c(F)c3)ccc2c1.